The molecule has 1 fully saturated rings. The topological polar surface area (TPSA) is 86.8 Å². The Hall–Kier alpha value is -1.93. The van der Waals surface area contributed by atoms with Crippen LogP contribution in [-0.4, -0.2) is 61.7 Å². The minimum atomic E-state index is -3.65. The van der Waals surface area contributed by atoms with E-state index >= 15 is 0 Å². The molecule has 0 aliphatic carbocycles. The van der Waals surface area contributed by atoms with Crippen molar-refractivity contribution in [2.75, 3.05) is 20.1 Å². The molecule has 1 heterocycles. The van der Waals surface area contributed by atoms with Gasteiger partial charge in [0.15, 0.2) is 0 Å². The summed E-state index contributed by atoms with van der Waals surface area (Å²) in [4.78, 5) is 26.8. The largest absolute Gasteiger partial charge is 0.349 e. The summed E-state index contributed by atoms with van der Waals surface area (Å²) in [7, 11) is -2.12. The third kappa shape index (κ3) is 6.02. The normalized spacial score (nSPS) is 15.9. The van der Waals surface area contributed by atoms with Crippen molar-refractivity contribution in [3.05, 3.63) is 29.8 Å². The summed E-state index contributed by atoms with van der Waals surface area (Å²) >= 11 is 0. The van der Waals surface area contributed by atoms with E-state index in [4.69, 9.17) is 0 Å². The van der Waals surface area contributed by atoms with Gasteiger partial charge in [0.2, 0.25) is 15.9 Å². The van der Waals surface area contributed by atoms with Gasteiger partial charge in [0, 0.05) is 44.2 Å². The number of rotatable bonds is 7. The van der Waals surface area contributed by atoms with Gasteiger partial charge in [-0.25, -0.2) is 8.42 Å². The molecule has 1 aromatic carbocycles. The Morgan fingerprint density at radius 1 is 1.17 bits per heavy atom. The first-order chi connectivity index (χ1) is 13.5. The zero-order chi connectivity index (χ0) is 21.8. The van der Waals surface area contributed by atoms with Crippen LogP contribution in [0.5, 0.6) is 0 Å². The third-order valence-corrected chi connectivity index (χ3v) is 7.30. The molecule has 0 spiro atoms. The highest BCUT2D eigenvalue weighted by Crippen LogP contribution is 2.19. The second-order valence-corrected chi connectivity index (χ2v) is 10.4. The molecule has 2 rings (SSSR count). The molecule has 0 bridgehead atoms. The first kappa shape index (κ1) is 23.3. The van der Waals surface area contributed by atoms with Crippen molar-refractivity contribution in [3.8, 4) is 0 Å². The van der Waals surface area contributed by atoms with E-state index in [9.17, 15) is 18.0 Å². The predicted octanol–water partition coefficient (Wildman–Crippen LogP) is 2.48. The zero-order valence-electron chi connectivity index (χ0n) is 18.0. The quantitative estimate of drug-likeness (QED) is 0.730. The Bertz CT molecular complexity index is 828. The van der Waals surface area contributed by atoms with Crippen LogP contribution in [0.15, 0.2) is 29.2 Å². The van der Waals surface area contributed by atoms with Crippen LogP contribution >= 0.6 is 0 Å². The van der Waals surface area contributed by atoms with Crippen LogP contribution in [0.1, 0.15) is 57.3 Å². The fourth-order valence-electron chi connectivity index (χ4n) is 3.26. The summed E-state index contributed by atoms with van der Waals surface area (Å²) in [6.07, 6.45) is 1.94. The maximum atomic E-state index is 12.7. The first-order valence-electron chi connectivity index (χ1n) is 10.2. The molecule has 0 unspecified atom stereocenters. The van der Waals surface area contributed by atoms with Crippen molar-refractivity contribution in [1.29, 1.82) is 0 Å². The van der Waals surface area contributed by atoms with Gasteiger partial charge in [0.05, 0.1) is 4.90 Å². The second kappa shape index (κ2) is 9.71. The Morgan fingerprint density at radius 3 is 2.34 bits per heavy atom. The van der Waals surface area contributed by atoms with Gasteiger partial charge in [-0.3, -0.25) is 9.59 Å². The Labute approximate surface area is 174 Å². The smallest absolute Gasteiger partial charge is 0.251 e. The fraction of sp³-hybridized carbons (Fsp3) is 0.619. The molecule has 0 atom stereocenters. The van der Waals surface area contributed by atoms with E-state index < -0.39 is 10.0 Å². The molecule has 8 heteroatoms. The molecule has 1 aromatic rings. The van der Waals surface area contributed by atoms with Crippen LogP contribution < -0.4 is 5.32 Å². The summed E-state index contributed by atoms with van der Waals surface area (Å²) in [5.74, 6) is 0.205. The van der Waals surface area contributed by atoms with E-state index in [0.717, 1.165) is 0 Å². The van der Waals surface area contributed by atoms with Gasteiger partial charge in [-0.15, -0.1) is 0 Å². The van der Waals surface area contributed by atoms with Crippen LogP contribution in [0.3, 0.4) is 0 Å². The monoisotopic (exact) mass is 423 g/mol. The minimum absolute atomic E-state index is 0.0239. The molecular formula is C21H33N3O4S. The highest BCUT2D eigenvalue weighted by Gasteiger charge is 2.26. The van der Waals surface area contributed by atoms with Gasteiger partial charge in [-0.2, -0.15) is 4.31 Å². The van der Waals surface area contributed by atoms with Crippen molar-refractivity contribution in [2.45, 2.75) is 63.9 Å². The molecule has 0 radical (unpaired) electrons. The summed E-state index contributed by atoms with van der Waals surface area (Å²) in [5.41, 5.74) is 0.321. The molecule has 1 aliphatic rings. The number of hydrogen-bond acceptors (Lipinski definition) is 4. The first-order valence-corrected chi connectivity index (χ1v) is 11.6. The van der Waals surface area contributed by atoms with E-state index in [1.54, 1.807) is 26.0 Å². The number of sulfonamides is 1. The van der Waals surface area contributed by atoms with Crippen LogP contribution in [0.2, 0.25) is 0 Å². The second-order valence-electron chi connectivity index (χ2n) is 8.37. The van der Waals surface area contributed by atoms with E-state index in [0.29, 0.717) is 43.8 Å². The van der Waals surface area contributed by atoms with E-state index in [1.807, 2.05) is 18.7 Å². The molecule has 1 aliphatic heterocycles. The van der Waals surface area contributed by atoms with Crippen LogP contribution in [0.4, 0.5) is 0 Å². The lowest BCUT2D eigenvalue weighted by molar-refractivity contribution is -0.133. The predicted molar refractivity (Wildman–Crippen MR) is 113 cm³/mol. The van der Waals surface area contributed by atoms with Gasteiger partial charge in [0.25, 0.3) is 5.91 Å². The number of likely N-dealkylation sites (tertiary alicyclic amines) is 1. The Morgan fingerprint density at radius 2 is 1.79 bits per heavy atom. The third-order valence-electron chi connectivity index (χ3n) is 5.27. The number of benzene rings is 1. The molecule has 7 nitrogen and oxygen atoms in total. The van der Waals surface area contributed by atoms with Crippen LogP contribution in [0.25, 0.3) is 0 Å². The molecule has 162 valence electrons. The fourth-order valence-corrected chi connectivity index (χ4v) is 4.68. The van der Waals surface area contributed by atoms with Crippen molar-refractivity contribution >= 4 is 21.8 Å². The summed E-state index contributed by atoms with van der Waals surface area (Å²) in [5, 5.41) is 2.98. The standard InChI is InChI=1S/C21H33N3O4S/c1-15(2)13-20(25)24-11-9-18(10-12-24)22-21(26)17-7-6-8-19(14-17)29(27,28)23(5)16(3)4/h6-8,14-16,18H,9-13H2,1-5H3,(H,22,26). The van der Waals surface area contributed by atoms with Crippen LogP contribution in [0, 0.1) is 5.92 Å². The van der Waals surface area contributed by atoms with E-state index in [-0.39, 0.29) is 28.8 Å². The van der Waals surface area contributed by atoms with E-state index in [2.05, 4.69) is 5.32 Å². The highest BCUT2D eigenvalue weighted by atomic mass is 32.2. The number of carbonyl (C=O) groups is 2. The van der Waals surface area contributed by atoms with Gasteiger partial charge in [0.1, 0.15) is 0 Å². The molecule has 0 aromatic heterocycles. The zero-order valence-corrected chi connectivity index (χ0v) is 18.8. The number of hydrogen-bond donors (Lipinski definition) is 1. The SMILES string of the molecule is CC(C)CC(=O)N1CCC(NC(=O)c2cccc(S(=O)(=O)N(C)C(C)C)c2)CC1. The molecule has 1 saturated heterocycles. The number of carbonyl (C=O) groups excluding carboxylic acids is 2. The number of amides is 2. The maximum Gasteiger partial charge on any atom is 0.251 e. The molecule has 29 heavy (non-hydrogen) atoms. The summed E-state index contributed by atoms with van der Waals surface area (Å²) < 4.78 is 26.6. The van der Waals surface area contributed by atoms with Gasteiger partial charge < -0.3 is 10.2 Å². The highest BCUT2D eigenvalue weighted by molar-refractivity contribution is 7.89. The summed E-state index contributed by atoms with van der Waals surface area (Å²) in [6, 6.07) is 5.92. The molecule has 2 amide bonds. The molecular weight excluding hydrogens is 390 g/mol. The van der Waals surface area contributed by atoms with Gasteiger partial charge >= 0.3 is 0 Å². The number of nitrogens with one attached hydrogen (secondary N) is 1. The van der Waals surface area contributed by atoms with Gasteiger partial charge in [-0.1, -0.05) is 19.9 Å². The summed E-state index contributed by atoms with van der Waals surface area (Å²) in [6.45, 7) is 8.91. The number of piperidine rings is 1. The van der Waals surface area contributed by atoms with Crippen molar-refractivity contribution in [1.82, 2.24) is 14.5 Å². The van der Waals surface area contributed by atoms with Crippen molar-refractivity contribution < 1.29 is 18.0 Å². The minimum Gasteiger partial charge on any atom is -0.349 e. The lowest BCUT2D eigenvalue weighted by atomic mass is 10.0. The Balaban J connectivity index is 2.00. The van der Waals surface area contributed by atoms with Crippen molar-refractivity contribution in [2.24, 2.45) is 5.92 Å². The molecule has 0 saturated carbocycles. The van der Waals surface area contributed by atoms with E-state index in [1.165, 1.54) is 23.5 Å². The number of nitrogens with zero attached hydrogens (tertiary/aromatic N) is 2. The lowest BCUT2D eigenvalue weighted by Crippen LogP contribution is -2.46. The average molecular weight is 424 g/mol. The average Bonchev–Trinajstić information content (AvgIpc) is 2.67. The van der Waals surface area contributed by atoms with Crippen LogP contribution in [-0.2, 0) is 14.8 Å². The van der Waals surface area contributed by atoms with Gasteiger partial charge in [-0.05, 0) is 50.8 Å². The Kier molecular flexibility index (Phi) is 7.82. The molecule has 1 N–H and O–H groups in total. The lowest BCUT2D eigenvalue weighted by Gasteiger charge is -2.33. The maximum absolute atomic E-state index is 12.7. The van der Waals surface area contributed by atoms with Crippen molar-refractivity contribution in [3.63, 3.8) is 0 Å².